The monoisotopic (exact) mass is 354 g/mol. The van der Waals surface area contributed by atoms with Crippen LogP contribution in [0, 0.1) is 0 Å². The van der Waals surface area contributed by atoms with E-state index in [0.717, 1.165) is 22.8 Å². The van der Waals surface area contributed by atoms with E-state index in [1.165, 1.54) is 0 Å². The first-order valence-corrected chi connectivity index (χ1v) is 8.32. The summed E-state index contributed by atoms with van der Waals surface area (Å²) in [5.41, 5.74) is 2.74. The summed E-state index contributed by atoms with van der Waals surface area (Å²) in [4.78, 5) is 9.15. The molecular formula is C19H19ClN4O. The lowest BCUT2D eigenvalue weighted by Crippen LogP contribution is -2.10. The topological polar surface area (TPSA) is 59.1 Å². The molecule has 3 rings (SSSR count). The van der Waals surface area contributed by atoms with E-state index in [-0.39, 0.29) is 0 Å². The Morgan fingerprint density at radius 1 is 1.00 bits per heavy atom. The molecule has 0 unspecified atom stereocenters. The van der Waals surface area contributed by atoms with Gasteiger partial charge in [0, 0.05) is 36.0 Å². The van der Waals surface area contributed by atoms with Gasteiger partial charge in [-0.05, 0) is 24.3 Å². The molecule has 3 aromatic rings. The molecule has 5 nitrogen and oxygen atoms in total. The summed E-state index contributed by atoms with van der Waals surface area (Å²) in [6, 6.07) is 19.3. The first kappa shape index (κ1) is 17.2. The van der Waals surface area contributed by atoms with Gasteiger partial charge in [-0.2, -0.15) is 4.98 Å². The van der Waals surface area contributed by atoms with Crippen LogP contribution < -0.4 is 10.6 Å². The summed E-state index contributed by atoms with van der Waals surface area (Å²) in [6.45, 7) is 1.27. The largest absolute Gasteiger partial charge is 0.383 e. The Bertz CT molecular complexity index is 809. The van der Waals surface area contributed by atoms with Crippen molar-refractivity contribution in [2.45, 2.75) is 0 Å². The zero-order valence-electron chi connectivity index (χ0n) is 13.9. The fourth-order valence-electron chi connectivity index (χ4n) is 2.29. The third-order valence-corrected chi connectivity index (χ3v) is 3.76. The maximum absolute atomic E-state index is 5.94. The van der Waals surface area contributed by atoms with E-state index in [9.17, 15) is 0 Å². The number of aromatic nitrogens is 2. The maximum Gasteiger partial charge on any atom is 0.229 e. The number of hydrogen-bond acceptors (Lipinski definition) is 5. The molecule has 0 amide bonds. The highest BCUT2D eigenvalue weighted by Crippen LogP contribution is 2.23. The molecular weight excluding hydrogens is 336 g/mol. The predicted molar refractivity (Wildman–Crippen MR) is 103 cm³/mol. The molecule has 0 atom stereocenters. The van der Waals surface area contributed by atoms with Crippen LogP contribution in [0.25, 0.3) is 11.3 Å². The molecule has 2 aromatic carbocycles. The van der Waals surface area contributed by atoms with Gasteiger partial charge in [-0.15, -0.1) is 0 Å². The number of halogens is 1. The van der Waals surface area contributed by atoms with Crippen molar-refractivity contribution in [2.24, 2.45) is 0 Å². The van der Waals surface area contributed by atoms with Crippen molar-refractivity contribution >= 4 is 29.1 Å². The SMILES string of the molecule is COCCNc1cc(-c2ccccc2)nc(Nc2ccc(Cl)cc2)n1. The Labute approximate surface area is 152 Å². The van der Waals surface area contributed by atoms with Gasteiger partial charge in [0.25, 0.3) is 0 Å². The van der Waals surface area contributed by atoms with Crippen molar-refractivity contribution in [3.05, 3.63) is 65.7 Å². The third-order valence-electron chi connectivity index (χ3n) is 3.51. The number of rotatable bonds is 7. The quantitative estimate of drug-likeness (QED) is 0.607. The average Bonchev–Trinajstić information content (AvgIpc) is 2.64. The van der Waals surface area contributed by atoms with Crippen LogP contribution in [0.15, 0.2) is 60.7 Å². The van der Waals surface area contributed by atoms with Crippen LogP contribution in [0.5, 0.6) is 0 Å². The molecule has 0 spiro atoms. The second-order valence-corrected chi connectivity index (χ2v) is 5.82. The predicted octanol–water partition coefficient (Wildman–Crippen LogP) is 4.60. The average molecular weight is 355 g/mol. The van der Waals surface area contributed by atoms with E-state index in [0.29, 0.717) is 24.1 Å². The summed E-state index contributed by atoms with van der Waals surface area (Å²) >= 11 is 5.94. The van der Waals surface area contributed by atoms with Crippen LogP contribution >= 0.6 is 11.6 Å². The van der Waals surface area contributed by atoms with Gasteiger partial charge < -0.3 is 15.4 Å². The summed E-state index contributed by atoms with van der Waals surface area (Å²) in [7, 11) is 1.67. The fraction of sp³-hybridized carbons (Fsp3) is 0.158. The Kier molecular flexibility index (Phi) is 5.82. The minimum Gasteiger partial charge on any atom is -0.383 e. The second-order valence-electron chi connectivity index (χ2n) is 5.38. The third kappa shape index (κ3) is 4.92. The molecule has 0 aliphatic carbocycles. The smallest absolute Gasteiger partial charge is 0.229 e. The van der Waals surface area contributed by atoms with E-state index < -0.39 is 0 Å². The van der Waals surface area contributed by atoms with Crippen LogP contribution in [-0.4, -0.2) is 30.2 Å². The number of anilines is 3. The molecule has 0 bridgehead atoms. The van der Waals surface area contributed by atoms with Crippen molar-refractivity contribution in [3.8, 4) is 11.3 Å². The molecule has 1 aromatic heterocycles. The van der Waals surface area contributed by atoms with Gasteiger partial charge in [0.05, 0.1) is 12.3 Å². The minimum absolute atomic E-state index is 0.517. The van der Waals surface area contributed by atoms with Gasteiger partial charge in [0.15, 0.2) is 0 Å². The Hall–Kier alpha value is -2.63. The molecule has 128 valence electrons. The number of nitrogens with zero attached hydrogens (tertiary/aromatic N) is 2. The molecule has 2 N–H and O–H groups in total. The highest BCUT2D eigenvalue weighted by Gasteiger charge is 2.07. The standard InChI is InChI=1S/C19H19ClN4O/c1-25-12-11-21-18-13-17(14-5-3-2-4-6-14)23-19(24-18)22-16-9-7-15(20)8-10-16/h2-10,13H,11-12H2,1H3,(H2,21,22,23,24). The molecule has 0 saturated carbocycles. The highest BCUT2D eigenvalue weighted by atomic mass is 35.5. The van der Waals surface area contributed by atoms with Gasteiger partial charge in [-0.3, -0.25) is 0 Å². The van der Waals surface area contributed by atoms with E-state index in [1.54, 1.807) is 7.11 Å². The highest BCUT2D eigenvalue weighted by molar-refractivity contribution is 6.30. The Morgan fingerprint density at radius 3 is 2.48 bits per heavy atom. The van der Waals surface area contributed by atoms with Crippen LogP contribution in [0.3, 0.4) is 0 Å². The first-order chi connectivity index (χ1) is 12.2. The summed E-state index contributed by atoms with van der Waals surface area (Å²) < 4.78 is 5.08. The molecule has 25 heavy (non-hydrogen) atoms. The molecule has 1 heterocycles. The Morgan fingerprint density at radius 2 is 1.76 bits per heavy atom. The van der Waals surface area contributed by atoms with Gasteiger partial charge in [-0.1, -0.05) is 41.9 Å². The van der Waals surface area contributed by atoms with Crippen LogP contribution in [0.1, 0.15) is 0 Å². The molecule has 0 aliphatic rings. The van der Waals surface area contributed by atoms with Crippen LogP contribution in [-0.2, 0) is 4.74 Å². The van der Waals surface area contributed by atoms with Crippen molar-refractivity contribution in [2.75, 3.05) is 30.9 Å². The first-order valence-electron chi connectivity index (χ1n) is 7.94. The number of hydrogen-bond donors (Lipinski definition) is 2. The van der Waals surface area contributed by atoms with Crippen molar-refractivity contribution in [1.82, 2.24) is 9.97 Å². The van der Waals surface area contributed by atoms with Crippen molar-refractivity contribution in [1.29, 1.82) is 0 Å². The Balaban J connectivity index is 1.89. The maximum atomic E-state index is 5.94. The lowest BCUT2D eigenvalue weighted by atomic mass is 10.1. The van der Waals surface area contributed by atoms with E-state index >= 15 is 0 Å². The normalized spacial score (nSPS) is 10.5. The summed E-state index contributed by atoms with van der Waals surface area (Å²) in [5.74, 6) is 1.26. The van der Waals surface area contributed by atoms with Gasteiger partial charge >= 0.3 is 0 Å². The molecule has 0 aliphatic heterocycles. The molecule has 0 saturated heterocycles. The fourth-order valence-corrected chi connectivity index (χ4v) is 2.42. The van der Waals surface area contributed by atoms with Crippen LogP contribution in [0.4, 0.5) is 17.5 Å². The number of nitrogens with one attached hydrogen (secondary N) is 2. The lowest BCUT2D eigenvalue weighted by molar-refractivity contribution is 0.210. The number of benzene rings is 2. The van der Waals surface area contributed by atoms with Gasteiger partial charge in [0.2, 0.25) is 5.95 Å². The van der Waals surface area contributed by atoms with Crippen LogP contribution in [0.2, 0.25) is 5.02 Å². The summed E-state index contributed by atoms with van der Waals surface area (Å²) in [6.07, 6.45) is 0. The second kappa shape index (κ2) is 8.46. The minimum atomic E-state index is 0.517. The van der Waals surface area contributed by atoms with E-state index in [4.69, 9.17) is 16.3 Å². The molecule has 0 radical (unpaired) electrons. The van der Waals surface area contributed by atoms with Crippen molar-refractivity contribution in [3.63, 3.8) is 0 Å². The molecule has 6 heteroatoms. The zero-order chi connectivity index (χ0) is 17.5. The lowest BCUT2D eigenvalue weighted by Gasteiger charge is -2.11. The zero-order valence-corrected chi connectivity index (χ0v) is 14.6. The number of methoxy groups -OCH3 is 1. The van der Waals surface area contributed by atoms with Gasteiger partial charge in [-0.25, -0.2) is 4.98 Å². The van der Waals surface area contributed by atoms with E-state index in [1.807, 2.05) is 60.7 Å². The van der Waals surface area contributed by atoms with E-state index in [2.05, 4.69) is 20.6 Å². The van der Waals surface area contributed by atoms with Crippen molar-refractivity contribution < 1.29 is 4.74 Å². The molecule has 0 fully saturated rings. The van der Waals surface area contributed by atoms with Gasteiger partial charge in [0.1, 0.15) is 5.82 Å². The number of ether oxygens (including phenoxy) is 1. The summed E-state index contributed by atoms with van der Waals surface area (Å²) in [5, 5.41) is 7.16.